The van der Waals surface area contributed by atoms with Crippen molar-refractivity contribution in [3.05, 3.63) is 78.6 Å². The molecule has 4 aromatic rings. The number of rotatable bonds is 7. The Bertz CT molecular complexity index is 1310. The summed E-state index contributed by atoms with van der Waals surface area (Å²) in [4.78, 5) is 11.5. The Morgan fingerprint density at radius 3 is 2.36 bits per heavy atom. The maximum atomic E-state index is 14.0. The molecule has 0 aliphatic heterocycles. The summed E-state index contributed by atoms with van der Waals surface area (Å²) in [7, 11) is 3.04. The number of amides is 1. The zero-order valence-electron chi connectivity index (χ0n) is 18.0. The van der Waals surface area contributed by atoms with Gasteiger partial charge < -0.3 is 19.5 Å². The van der Waals surface area contributed by atoms with Crippen LogP contribution in [0.2, 0.25) is 0 Å². The fourth-order valence-corrected chi connectivity index (χ4v) is 3.56. The van der Waals surface area contributed by atoms with Gasteiger partial charge in [0, 0.05) is 16.6 Å². The summed E-state index contributed by atoms with van der Waals surface area (Å²) in [6.45, 7) is 0. The normalized spacial score (nSPS) is 10.7. The summed E-state index contributed by atoms with van der Waals surface area (Å²) in [5.74, 6) is 1.18. The lowest BCUT2D eigenvalue weighted by atomic mass is 9.99. The number of halogens is 2. The standard InChI is InChI=1S/C26H21ClFNO4/c1-31-20-9-11-22-16(13-20)3-10-21(17-4-12-23(28)24(14-17)32-2)26(22)33-19-7-5-18(6-8-19)29-25(30)15-27/h3-14H,15H2,1-2H3,(H,29,30). The van der Waals surface area contributed by atoms with Gasteiger partial charge in [0.05, 0.1) is 14.2 Å². The Balaban J connectivity index is 1.80. The maximum Gasteiger partial charge on any atom is 0.239 e. The minimum atomic E-state index is -0.441. The third kappa shape index (κ3) is 4.86. The van der Waals surface area contributed by atoms with Gasteiger partial charge in [-0.15, -0.1) is 11.6 Å². The predicted octanol–water partition coefficient (Wildman–Crippen LogP) is 6.63. The minimum absolute atomic E-state index is 0.123. The zero-order valence-corrected chi connectivity index (χ0v) is 18.8. The van der Waals surface area contributed by atoms with Crippen molar-refractivity contribution in [1.29, 1.82) is 0 Å². The number of ether oxygens (including phenoxy) is 3. The molecule has 0 radical (unpaired) electrons. The summed E-state index contributed by atoms with van der Waals surface area (Å²) < 4.78 is 30.9. The van der Waals surface area contributed by atoms with E-state index in [1.807, 2.05) is 30.3 Å². The van der Waals surface area contributed by atoms with Gasteiger partial charge in [0.15, 0.2) is 11.6 Å². The Labute approximate surface area is 195 Å². The van der Waals surface area contributed by atoms with Crippen LogP contribution in [0.1, 0.15) is 0 Å². The molecule has 0 bridgehead atoms. The van der Waals surface area contributed by atoms with Crippen molar-refractivity contribution in [2.75, 3.05) is 25.4 Å². The van der Waals surface area contributed by atoms with Crippen molar-refractivity contribution in [1.82, 2.24) is 0 Å². The summed E-state index contributed by atoms with van der Waals surface area (Å²) in [6.07, 6.45) is 0. The third-order valence-electron chi connectivity index (χ3n) is 5.12. The first-order valence-electron chi connectivity index (χ1n) is 10.1. The van der Waals surface area contributed by atoms with Crippen LogP contribution in [0.3, 0.4) is 0 Å². The van der Waals surface area contributed by atoms with Crippen LogP contribution in [-0.2, 0) is 4.79 Å². The molecule has 0 saturated carbocycles. The first-order chi connectivity index (χ1) is 16.0. The van der Waals surface area contributed by atoms with E-state index < -0.39 is 5.82 Å². The fraction of sp³-hybridized carbons (Fsp3) is 0.115. The van der Waals surface area contributed by atoms with Gasteiger partial charge >= 0.3 is 0 Å². The van der Waals surface area contributed by atoms with Crippen molar-refractivity contribution in [2.45, 2.75) is 0 Å². The molecule has 0 unspecified atom stereocenters. The minimum Gasteiger partial charge on any atom is -0.497 e. The number of anilines is 1. The number of alkyl halides is 1. The van der Waals surface area contributed by atoms with Gasteiger partial charge in [0.1, 0.15) is 23.1 Å². The number of methoxy groups -OCH3 is 2. The lowest BCUT2D eigenvalue weighted by Gasteiger charge is -2.16. The van der Waals surface area contributed by atoms with Crippen molar-refractivity contribution < 1.29 is 23.4 Å². The topological polar surface area (TPSA) is 56.8 Å². The molecule has 7 heteroatoms. The smallest absolute Gasteiger partial charge is 0.239 e. The van der Waals surface area contributed by atoms with E-state index in [-0.39, 0.29) is 17.5 Å². The Morgan fingerprint density at radius 2 is 1.67 bits per heavy atom. The lowest BCUT2D eigenvalue weighted by molar-refractivity contribution is -0.113. The molecule has 5 nitrogen and oxygen atoms in total. The van der Waals surface area contributed by atoms with Crippen LogP contribution in [0.4, 0.5) is 10.1 Å². The monoisotopic (exact) mass is 465 g/mol. The highest BCUT2D eigenvalue weighted by Gasteiger charge is 2.15. The molecule has 33 heavy (non-hydrogen) atoms. The Kier molecular flexibility index (Phi) is 6.66. The molecule has 168 valence electrons. The number of hydrogen-bond donors (Lipinski definition) is 1. The second kappa shape index (κ2) is 9.79. The molecule has 4 rings (SSSR count). The van der Waals surface area contributed by atoms with Crippen LogP contribution in [0, 0.1) is 5.82 Å². The molecule has 0 spiro atoms. The summed E-state index contributed by atoms with van der Waals surface area (Å²) >= 11 is 5.55. The Morgan fingerprint density at radius 1 is 0.909 bits per heavy atom. The fourth-order valence-electron chi connectivity index (χ4n) is 3.49. The van der Waals surface area contributed by atoms with E-state index in [0.717, 1.165) is 27.6 Å². The number of benzene rings is 4. The van der Waals surface area contributed by atoms with Crippen molar-refractivity contribution in [3.8, 4) is 34.1 Å². The van der Waals surface area contributed by atoms with Crippen LogP contribution in [0.5, 0.6) is 23.0 Å². The maximum absolute atomic E-state index is 14.0. The number of carbonyl (C=O) groups is 1. The Hall–Kier alpha value is -3.77. The second-order valence-corrected chi connectivity index (χ2v) is 7.45. The van der Waals surface area contributed by atoms with Gasteiger partial charge in [-0.3, -0.25) is 4.79 Å². The molecular formula is C26H21ClFNO4. The molecule has 0 saturated heterocycles. The van der Waals surface area contributed by atoms with E-state index in [2.05, 4.69) is 5.32 Å². The number of carbonyl (C=O) groups excluding carboxylic acids is 1. The summed E-state index contributed by atoms with van der Waals surface area (Å²) in [5.41, 5.74) is 2.12. The third-order valence-corrected chi connectivity index (χ3v) is 5.36. The molecule has 1 amide bonds. The van der Waals surface area contributed by atoms with Crippen LogP contribution in [0.15, 0.2) is 72.8 Å². The number of hydrogen-bond acceptors (Lipinski definition) is 4. The highest BCUT2D eigenvalue weighted by atomic mass is 35.5. The van der Waals surface area contributed by atoms with Gasteiger partial charge in [0.2, 0.25) is 5.91 Å². The predicted molar refractivity (Wildman–Crippen MR) is 128 cm³/mol. The van der Waals surface area contributed by atoms with E-state index in [4.69, 9.17) is 25.8 Å². The molecule has 0 heterocycles. The molecule has 0 aromatic heterocycles. The molecule has 1 N–H and O–H groups in total. The molecule has 0 fully saturated rings. The molecular weight excluding hydrogens is 445 g/mol. The molecule has 4 aromatic carbocycles. The molecule has 0 atom stereocenters. The second-order valence-electron chi connectivity index (χ2n) is 7.19. The largest absolute Gasteiger partial charge is 0.497 e. The first-order valence-corrected chi connectivity index (χ1v) is 10.6. The highest BCUT2D eigenvalue weighted by Crippen LogP contribution is 2.41. The van der Waals surface area contributed by atoms with Crippen LogP contribution >= 0.6 is 11.6 Å². The highest BCUT2D eigenvalue weighted by molar-refractivity contribution is 6.29. The van der Waals surface area contributed by atoms with Gasteiger partial charge in [-0.25, -0.2) is 4.39 Å². The summed E-state index contributed by atoms with van der Waals surface area (Å²) in [5, 5.41) is 4.47. The average molecular weight is 466 g/mol. The van der Waals surface area contributed by atoms with E-state index in [9.17, 15) is 9.18 Å². The van der Waals surface area contributed by atoms with Crippen molar-refractivity contribution in [2.24, 2.45) is 0 Å². The van der Waals surface area contributed by atoms with Gasteiger partial charge in [0.25, 0.3) is 0 Å². The van der Waals surface area contributed by atoms with Crippen molar-refractivity contribution >= 4 is 34.0 Å². The van der Waals surface area contributed by atoms with Crippen LogP contribution < -0.4 is 19.5 Å². The number of nitrogens with one attached hydrogen (secondary N) is 1. The van der Waals surface area contributed by atoms with Gasteiger partial charge in [-0.1, -0.05) is 12.1 Å². The van der Waals surface area contributed by atoms with Gasteiger partial charge in [-0.2, -0.15) is 0 Å². The average Bonchev–Trinajstić information content (AvgIpc) is 2.85. The first kappa shape index (κ1) is 22.4. The van der Waals surface area contributed by atoms with E-state index >= 15 is 0 Å². The van der Waals surface area contributed by atoms with E-state index in [0.29, 0.717) is 17.2 Å². The van der Waals surface area contributed by atoms with Crippen LogP contribution in [0.25, 0.3) is 21.9 Å². The lowest BCUT2D eigenvalue weighted by Crippen LogP contribution is -2.12. The van der Waals surface area contributed by atoms with Crippen LogP contribution in [-0.4, -0.2) is 26.0 Å². The number of fused-ring (bicyclic) bond motifs is 1. The summed E-state index contributed by atoms with van der Waals surface area (Å²) in [6, 6.07) is 21.2. The SMILES string of the molecule is COc1ccc2c(Oc3ccc(NC(=O)CCl)cc3)c(-c3ccc(F)c(OC)c3)ccc2c1. The van der Waals surface area contributed by atoms with E-state index in [1.54, 1.807) is 43.5 Å². The van der Waals surface area contributed by atoms with E-state index in [1.165, 1.54) is 13.2 Å². The van der Waals surface area contributed by atoms with Gasteiger partial charge in [-0.05, 0) is 71.6 Å². The zero-order chi connectivity index (χ0) is 23.4. The van der Waals surface area contributed by atoms with Crippen molar-refractivity contribution in [3.63, 3.8) is 0 Å². The quantitative estimate of drug-likeness (QED) is 0.311. The molecule has 0 aliphatic carbocycles. The molecule has 0 aliphatic rings.